The second-order valence-corrected chi connectivity index (χ2v) is 3.96. The average molecular weight is 275 g/mol. The second-order valence-electron chi connectivity index (χ2n) is 3.96. The van der Waals surface area contributed by atoms with E-state index >= 15 is 0 Å². The molecule has 0 spiro atoms. The van der Waals surface area contributed by atoms with Crippen molar-refractivity contribution in [2.24, 2.45) is 0 Å². The third-order valence-corrected chi connectivity index (χ3v) is 2.61. The SMILES string of the molecule is Nc1ccccc1NC(=O)c1cc([N+](=O)[O-])ccc1F. The number of nitro groups is 1. The third kappa shape index (κ3) is 2.72. The van der Waals surface area contributed by atoms with Crippen molar-refractivity contribution in [2.45, 2.75) is 0 Å². The summed E-state index contributed by atoms with van der Waals surface area (Å²) in [7, 11) is 0. The number of para-hydroxylation sites is 2. The summed E-state index contributed by atoms with van der Waals surface area (Å²) in [5.41, 5.74) is 5.49. The molecule has 0 saturated carbocycles. The van der Waals surface area contributed by atoms with E-state index in [1.807, 2.05) is 0 Å². The fourth-order valence-electron chi connectivity index (χ4n) is 1.60. The zero-order valence-corrected chi connectivity index (χ0v) is 10.2. The van der Waals surface area contributed by atoms with E-state index in [9.17, 15) is 19.3 Å². The topological polar surface area (TPSA) is 98.3 Å². The highest BCUT2D eigenvalue weighted by molar-refractivity contribution is 6.06. The van der Waals surface area contributed by atoms with E-state index in [0.29, 0.717) is 11.4 Å². The first-order chi connectivity index (χ1) is 9.49. The Bertz CT molecular complexity index is 688. The molecule has 2 rings (SSSR count). The molecule has 0 unspecified atom stereocenters. The summed E-state index contributed by atoms with van der Waals surface area (Å²) in [5.74, 6) is -1.65. The molecular weight excluding hydrogens is 265 g/mol. The van der Waals surface area contributed by atoms with Crippen molar-refractivity contribution in [3.63, 3.8) is 0 Å². The van der Waals surface area contributed by atoms with Gasteiger partial charge < -0.3 is 11.1 Å². The summed E-state index contributed by atoms with van der Waals surface area (Å²) in [6.45, 7) is 0. The van der Waals surface area contributed by atoms with Gasteiger partial charge in [0, 0.05) is 12.1 Å². The van der Waals surface area contributed by atoms with Crippen molar-refractivity contribution >= 4 is 23.0 Å². The number of non-ortho nitro benzene ring substituents is 1. The number of carbonyl (C=O) groups excluding carboxylic acids is 1. The van der Waals surface area contributed by atoms with E-state index < -0.39 is 22.2 Å². The van der Waals surface area contributed by atoms with E-state index in [1.165, 1.54) is 0 Å². The predicted molar refractivity (Wildman–Crippen MR) is 71.9 cm³/mol. The lowest BCUT2D eigenvalue weighted by atomic mass is 10.1. The van der Waals surface area contributed by atoms with Gasteiger partial charge in [-0.05, 0) is 18.2 Å². The Labute approximate surface area is 113 Å². The number of halogens is 1. The van der Waals surface area contributed by atoms with Gasteiger partial charge in [0.1, 0.15) is 5.82 Å². The molecule has 0 saturated heterocycles. The minimum atomic E-state index is -0.845. The maximum Gasteiger partial charge on any atom is 0.270 e. The van der Waals surface area contributed by atoms with Crippen LogP contribution in [0.25, 0.3) is 0 Å². The zero-order valence-electron chi connectivity index (χ0n) is 10.2. The average Bonchev–Trinajstić information content (AvgIpc) is 2.41. The number of nitrogen functional groups attached to an aromatic ring is 1. The van der Waals surface area contributed by atoms with Crippen molar-refractivity contribution in [3.8, 4) is 0 Å². The molecule has 3 N–H and O–H groups in total. The van der Waals surface area contributed by atoms with Crippen molar-refractivity contribution in [3.05, 3.63) is 64.0 Å². The van der Waals surface area contributed by atoms with Gasteiger partial charge in [0.15, 0.2) is 0 Å². The highest BCUT2D eigenvalue weighted by atomic mass is 19.1. The lowest BCUT2D eigenvalue weighted by molar-refractivity contribution is -0.384. The molecule has 1 amide bonds. The summed E-state index contributed by atoms with van der Waals surface area (Å²) in [6, 6.07) is 9.19. The number of nitrogens with one attached hydrogen (secondary N) is 1. The normalized spacial score (nSPS) is 10.1. The molecule has 0 aromatic heterocycles. The largest absolute Gasteiger partial charge is 0.397 e. The van der Waals surface area contributed by atoms with E-state index in [2.05, 4.69) is 5.32 Å². The van der Waals surface area contributed by atoms with Gasteiger partial charge in [-0.15, -0.1) is 0 Å². The molecule has 2 aromatic rings. The quantitative estimate of drug-likeness (QED) is 0.511. The smallest absolute Gasteiger partial charge is 0.270 e. The van der Waals surface area contributed by atoms with E-state index in [1.54, 1.807) is 24.3 Å². The van der Waals surface area contributed by atoms with Crippen LogP contribution in [0.15, 0.2) is 42.5 Å². The molecule has 0 atom stereocenters. The van der Waals surface area contributed by atoms with Crippen molar-refractivity contribution in [1.82, 2.24) is 0 Å². The first kappa shape index (κ1) is 13.5. The van der Waals surface area contributed by atoms with Crippen molar-refractivity contribution < 1.29 is 14.1 Å². The number of benzene rings is 2. The summed E-state index contributed by atoms with van der Waals surface area (Å²) in [6.07, 6.45) is 0. The van der Waals surface area contributed by atoms with Crippen LogP contribution in [0.3, 0.4) is 0 Å². The number of hydrogen-bond donors (Lipinski definition) is 2. The Morgan fingerprint density at radius 2 is 1.95 bits per heavy atom. The number of nitrogens with zero attached hydrogens (tertiary/aromatic N) is 1. The molecule has 0 radical (unpaired) electrons. The van der Waals surface area contributed by atoms with Crippen LogP contribution in [0.5, 0.6) is 0 Å². The fraction of sp³-hybridized carbons (Fsp3) is 0. The summed E-state index contributed by atoms with van der Waals surface area (Å²) >= 11 is 0. The van der Waals surface area contributed by atoms with Gasteiger partial charge in [0.05, 0.1) is 21.9 Å². The van der Waals surface area contributed by atoms with Gasteiger partial charge in [0.25, 0.3) is 11.6 Å². The highest BCUT2D eigenvalue weighted by Crippen LogP contribution is 2.21. The first-order valence-corrected chi connectivity index (χ1v) is 5.59. The predicted octanol–water partition coefficient (Wildman–Crippen LogP) is 2.57. The van der Waals surface area contributed by atoms with Crippen LogP contribution in [-0.4, -0.2) is 10.8 Å². The van der Waals surface area contributed by atoms with Crippen molar-refractivity contribution in [1.29, 1.82) is 0 Å². The van der Waals surface area contributed by atoms with Crippen LogP contribution < -0.4 is 11.1 Å². The summed E-state index contributed by atoms with van der Waals surface area (Å²) in [4.78, 5) is 21.9. The Hall–Kier alpha value is -2.96. The van der Waals surface area contributed by atoms with Gasteiger partial charge >= 0.3 is 0 Å². The number of nitrogens with two attached hydrogens (primary N) is 1. The first-order valence-electron chi connectivity index (χ1n) is 5.59. The fourth-order valence-corrected chi connectivity index (χ4v) is 1.60. The van der Waals surface area contributed by atoms with E-state index in [4.69, 9.17) is 5.73 Å². The molecular formula is C13H10FN3O3. The highest BCUT2D eigenvalue weighted by Gasteiger charge is 2.17. The number of rotatable bonds is 3. The minimum absolute atomic E-state index is 0.309. The van der Waals surface area contributed by atoms with Crippen molar-refractivity contribution in [2.75, 3.05) is 11.1 Å². The van der Waals surface area contributed by atoms with Gasteiger partial charge in [-0.2, -0.15) is 0 Å². The second kappa shape index (κ2) is 5.35. The molecule has 102 valence electrons. The Morgan fingerprint density at radius 3 is 2.60 bits per heavy atom. The molecule has 0 aliphatic heterocycles. The maximum absolute atomic E-state index is 13.6. The van der Waals surface area contributed by atoms with Gasteiger partial charge in [-0.25, -0.2) is 4.39 Å². The van der Waals surface area contributed by atoms with Gasteiger partial charge in [-0.3, -0.25) is 14.9 Å². The third-order valence-electron chi connectivity index (χ3n) is 2.61. The minimum Gasteiger partial charge on any atom is -0.397 e. The lowest BCUT2D eigenvalue weighted by Crippen LogP contribution is -2.15. The Kier molecular flexibility index (Phi) is 3.60. The number of carbonyl (C=O) groups is 1. The monoisotopic (exact) mass is 275 g/mol. The molecule has 0 bridgehead atoms. The molecule has 0 fully saturated rings. The molecule has 7 heteroatoms. The van der Waals surface area contributed by atoms with Crippen LogP contribution in [-0.2, 0) is 0 Å². The lowest BCUT2D eigenvalue weighted by Gasteiger charge is -2.08. The van der Waals surface area contributed by atoms with Crippen LogP contribution in [0, 0.1) is 15.9 Å². The van der Waals surface area contributed by atoms with Gasteiger partial charge in [0.2, 0.25) is 0 Å². The molecule has 2 aromatic carbocycles. The van der Waals surface area contributed by atoms with Crippen LogP contribution in [0.2, 0.25) is 0 Å². The molecule has 0 heterocycles. The summed E-state index contributed by atoms with van der Waals surface area (Å²) in [5, 5.41) is 13.0. The Morgan fingerprint density at radius 1 is 1.25 bits per heavy atom. The number of anilines is 2. The molecule has 6 nitrogen and oxygen atoms in total. The zero-order chi connectivity index (χ0) is 14.7. The molecule has 20 heavy (non-hydrogen) atoms. The molecule has 0 aliphatic carbocycles. The summed E-state index contributed by atoms with van der Waals surface area (Å²) < 4.78 is 13.6. The number of amides is 1. The number of nitro benzene ring substituents is 1. The standard InChI is InChI=1S/C13H10FN3O3/c14-10-6-5-8(17(19)20)7-9(10)13(18)16-12-4-2-1-3-11(12)15/h1-7H,15H2,(H,16,18). The maximum atomic E-state index is 13.6. The van der Waals surface area contributed by atoms with Crippen LogP contribution in [0.4, 0.5) is 21.5 Å². The number of hydrogen-bond acceptors (Lipinski definition) is 4. The van der Waals surface area contributed by atoms with E-state index in [-0.39, 0.29) is 5.69 Å². The van der Waals surface area contributed by atoms with Crippen LogP contribution in [0.1, 0.15) is 10.4 Å². The molecule has 0 aliphatic rings. The van der Waals surface area contributed by atoms with Crippen LogP contribution >= 0.6 is 0 Å². The van der Waals surface area contributed by atoms with E-state index in [0.717, 1.165) is 18.2 Å². The van der Waals surface area contributed by atoms with Gasteiger partial charge in [-0.1, -0.05) is 12.1 Å². The Balaban J connectivity index is 2.32.